The molecule has 3 saturated carbocycles. The Morgan fingerprint density at radius 2 is 1.88 bits per heavy atom. The first-order chi connectivity index (χ1) is 20.1. The number of rotatable bonds is 6. The molecule has 5 aliphatic rings. The zero-order valence-electron chi connectivity index (χ0n) is 24.1. The molecule has 0 radical (unpaired) electrons. The zero-order valence-corrected chi connectivity index (χ0v) is 24.1. The third-order valence-electron chi connectivity index (χ3n) is 11.5. The second kappa shape index (κ2) is 9.82. The Balaban J connectivity index is 1.21. The molecule has 9 atom stereocenters. The van der Waals surface area contributed by atoms with E-state index < -0.39 is 47.3 Å². The topological polar surface area (TPSA) is 118 Å². The molecule has 1 aromatic heterocycles. The first-order valence-corrected chi connectivity index (χ1v) is 15.1. The summed E-state index contributed by atoms with van der Waals surface area (Å²) in [5, 5.41) is 31.5. The van der Waals surface area contributed by atoms with Crippen LogP contribution in [0, 0.1) is 28.6 Å². The van der Waals surface area contributed by atoms with E-state index in [1.165, 1.54) is 0 Å². The number of allylic oxidation sites excluding steroid dienone is 4. The minimum absolute atomic E-state index is 0.00118. The van der Waals surface area contributed by atoms with Crippen LogP contribution in [0.4, 0.5) is 0 Å². The number of benzene rings is 1. The third-order valence-corrected chi connectivity index (χ3v) is 11.5. The zero-order chi connectivity index (χ0) is 29.4. The van der Waals surface area contributed by atoms with E-state index in [2.05, 4.69) is 6.92 Å². The summed E-state index contributed by atoms with van der Waals surface area (Å²) in [4.78, 5) is 26.0. The molecule has 1 saturated heterocycles. The number of hydrogen-bond acceptors (Lipinski definition) is 7. The Hall–Kier alpha value is -2.88. The molecular formula is C34H39NO7. The van der Waals surface area contributed by atoms with E-state index in [0.29, 0.717) is 19.4 Å². The van der Waals surface area contributed by atoms with Gasteiger partial charge in [0.1, 0.15) is 6.61 Å². The summed E-state index contributed by atoms with van der Waals surface area (Å²) < 4.78 is 15.4. The van der Waals surface area contributed by atoms with Crippen molar-refractivity contribution in [2.45, 2.75) is 76.8 Å². The van der Waals surface area contributed by atoms with E-state index >= 15 is 0 Å². The van der Waals surface area contributed by atoms with E-state index in [1.807, 2.05) is 60.2 Å². The number of hydrogen-bond donors (Lipinski definition) is 3. The predicted octanol–water partition coefficient (Wildman–Crippen LogP) is 3.63. The van der Waals surface area contributed by atoms with Gasteiger partial charge in [0.2, 0.25) is 6.29 Å². The Kier molecular flexibility index (Phi) is 6.53. The molecule has 0 amide bonds. The van der Waals surface area contributed by atoms with Crippen molar-refractivity contribution in [2.75, 3.05) is 6.61 Å². The maximum Gasteiger partial charge on any atom is 0.200 e. The maximum atomic E-state index is 13.8. The number of carbonyl (C=O) groups excluding carboxylic acids is 2. The van der Waals surface area contributed by atoms with Crippen molar-refractivity contribution in [3.63, 3.8) is 0 Å². The number of nitrogens with zero attached hydrogens (tertiary/aromatic N) is 1. The van der Waals surface area contributed by atoms with E-state index in [0.717, 1.165) is 35.2 Å². The van der Waals surface area contributed by atoms with Crippen molar-refractivity contribution >= 4 is 11.6 Å². The normalized spacial score (nSPS) is 40.2. The van der Waals surface area contributed by atoms with Crippen molar-refractivity contribution in [3.05, 3.63) is 83.2 Å². The molecule has 222 valence electrons. The molecule has 1 aromatic carbocycles. The second-order valence-electron chi connectivity index (χ2n) is 13.4. The van der Waals surface area contributed by atoms with Crippen LogP contribution in [0.1, 0.15) is 62.6 Å². The van der Waals surface area contributed by atoms with Gasteiger partial charge in [-0.2, -0.15) is 0 Å². The summed E-state index contributed by atoms with van der Waals surface area (Å²) in [5.74, 6) is -0.309. The van der Waals surface area contributed by atoms with Crippen LogP contribution in [0.25, 0.3) is 0 Å². The molecule has 8 nitrogen and oxygen atoms in total. The van der Waals surface area contributed by atoms with E-state index in [-0.39, 0.29) is 30.1 Å². The second-order valence-corrected chi connectivity index (χ2v) is 13.4. The summed E-state index contributed by atoms with van der Waals surface area (Å²) in [7, 11) is 0. The first-order valence-electron chi connectivity index (χ1n) is 15.1. The van der Waals surface area contributed by atoms with Crippen LogP contribution in [0.5, 0.6) is 0 Å². The van der Waals surface area contributed by atoms with Crippen LogP contribution >= 0.6 is 0 Å². The number of aliphatic hydroxyl groups excluding tert-OH is 3. The minimum Gasteiger partial charge on any atom is -0.393 e. The van der Waals surface area contributed by atoms with Crippen molar-refractivity contribution in [2.24, 2.45) is 28.6 Å². The molecule has 4 aliphatic carbocycles. The summed E-state index contributed by atoms with van der Waals surface area (Å²) >= 11 is 0. The largest absolute Gasteiger partial charge is 0.393 e. The molecule has 7 rings (SSSR count). The van der Waals surface area contributed by atoms with Crippen LogP contribution < -0.4 is 0 Å². The standard InChI is InChI=1S/C34H39NO7/c1-32-12-11-23(38)14-22(32)9-10-24-25-15-29-34(28(40)19-37,33(25,2)16-27(39)30(24)32)42-31(41-29)26-4-3-13-35(26)17-20-5-7-21(18-36)8-6-20/h3-8,11-14,24-25,27,29-31,36-37,39H,9-10,15-19H2,1-2H3/t24-,25-,27-,29+,30+,31+,32-,33-,34+/m0/s1. The SMILES string of the molecule is C[C@]12C=CC(=O)C=C1CC[C@@H]1[C@@H]2[C@@H](O)C[C@@]2(C)[C@H]1C[C@H]1O[C@@H](c3cccn3Cc3ccc(CO)cc3)O[C@]12C(=O)CO. The molecule has 42 heavy (non-hydrogen) atoms. The van der Waals surface area contributed by atoms with E-state index in [4.69, 9.17) is 9.47 Å². The van der Waals surface area contributed by atoms with Crippen molar-refractivity contribution in [3.8, 4) is 0 Å². The van der Waals surface area contributed by atoms with Crippen molar-refractivity contribution in [1.82, 2.24) is 4.57 Å². The first kappa shape index (κ1) is 27.9. The Labute approximate surface area is 245 Å². The van der Waals surface area contributed by atoms with Gasteiger partial charge in [0, 0.05) is 29.5 Å². The number of ether oxygens (including phenoxy) is 2. The summed E-state index contributed by atoms with van der Waals surface area (Å²) in [6, 6.07) is 11.6. The quantitative estimate of drug-likeness (QED) is 0.483. The average Bonchev–Trinajstić information content (AvgIpc) is 3.65. The number of Topliss-reactive ketones (excluding diaryl/α,β-unsaturated/α-hetero) is 1. The van der Waals surface area contributed by atoms with Crippen LogP contribution in [0.15, 0.2) is 66.4 Å². The van der Waals surface area contributed by atoms with Crippen LogP contribution in [0.3, 0.4) is 0 Å². The average molecular weight is 574 g/mol. The van der Waals surface area contributed by atoms with Gasteiger partial charge < -0.3 is 29.4 Å². The maximum absolute atomic E-state index is 13.8. The number of aliphatic hydroxyl groups is 3. The summed E-state index contributed by atoms with van der Waals surface area (Å²) in [6.07, 6.45) is 7.78. The van der Waals surface area contributed by atoms with Crippen molar-refractivity contribution in [1.29, 1.82) is 0 Å². The van der Waals surface area contributed by atoms with Crippen LogP contribution in [0.2, 0.25) is 0 Å². The lowest BCUT2D eigenvalue weighted by Crippen LogP contribution is -2.63. The monoisotopic (exact) mass is 573 g/mol. The molecular weight excluding hydrogens is 534 g/mol. The van der Waals surface area contributed by atoms with Gasteiger partial charge >= 0.3 is 0 Å². The third kappa shape index (κ3) is 3.78. The lowest BCUT2D eigenvalue weighted by atomic mass is 9.46. The highest BCUT2D eigenvalue weighted by molar-refractivity contribution is 6.01. The van der Waals surface area contributed by atoms with Gasteiger partial charge in [-0.25, -0.2) is 0 Å². The number of carbonyl (C=O) groups is 2. The lowest BCUT2D eigenvalue weighted by molar-refractivity contribution is -0.202. The summed E-state index contributed by atoms with van der Waals surface area (Å²) in [5.41, 5.74) is 1.23. The van der Waals surface area contributed by atoms with E-state index in [1.54, 1.807) is 12.2 Å². The molecule has 0 spiro atoms. The molecule has 0 bridgehead atoms. The number of ketones is 2. The van der Waals surface area contributed by atoms with Crippen LogP contribution in [-0.4, -0.2) is 55.9 Å². The van der Waals surface area contributed by atoms with Crippen LogP contribution in [-0.2, 0) is 32.2 Å². The fourth-order valence-electron chi connectivity index (χ4n) is 9.55. The molecule has 2 heterocycles. The van der Waals surface area contributed by atoms with Gasteiger partial charge in [-0.3, -0.25) is 9.59 Å². The smallest absolute Gasteiger partial charge is 0.200 e. The molecule has 4 fully saturated rings. The molecule has 1 aliphatic heterocycles. The highest BCUT2D eigenvalue weighted by Gasteiger charge is 2.76. The molecule has 0 unspecified atom stereocenters. The fourth-order valence-corrected chi connectivity index (χ4v) is 9.55. The van der Waals surface area contributed by atoms with Gasteiger partial charge in [0.25, 0.3) is 0 Å². The molecule has 2 aromatic rings. The van der Waals surface area contributed by atoms with Gasteiger partial charge in [0.15, 0.2) is 17.2 Å². The lowest BCUT2D eigenvalue weighted by Gasteiger charge is -2.59. The van der Waals surface area contributed by atoms with Gasteiger partial charge in [-0.1, -0.05) is 49.8 Å². The molecule has 8 heteroatoms. The van der Waals surface area contributed by atoms with Gasteiger partial charge in [0.05, 0.1) is 24.5 Å². The minimum atomic E-state index is -1.38. The van der Waals surface area contributed by atoms with Gasteiger partial charge in [-0.05, 0) is 72.9 Å². The van der Waals surface area contributed by atoms with Crippen molar-refractivity contribution < 1.29 is 34.4 Å². The Morgan fingerprint density at radius 3 is 2.62 bits per heavy atom. The Bertz CT molecular complexity index is 1470. The summed E-state index contributed by atoms with van der Waals surface area (Å²) in [6.45, 7) is 4.07. The number of fused-ring (bicyclic) bond motifs is 7. The Morgan fingerprint density at radius 1 is 1.12 bits per heavy atom. The fraction of sp³-hybridized carbons (Fsp3) is 0.529. The highest BCUT2D eigenvalue weighted by Crippen LogP contribution is 2.70. The highest BCUT2D eigenvalue weighted by atomic mass is 16.7. The molecule has 3 N–H and O–H groups in total. The van der Waals surface area contributed by atoms with Gasteiger partial charge in [-0.15, -0.1) is 0 Å². The number of aromatic nitrogens is 1. The van der Waals surface area contributed by atoms with E-state index in [9.17, 15) is 24.9 Å². The predicted molar refractivity (Wildman–Crippen MR) is 153 cm³/mol.